The average molecular weight is 243 g/mol. The number of methoxy groups -OCH3 is 1. The van der Waals surface area contributed by atoms with Crippen LogP contribution in [0, 0.1) is 0 Å². The maximum Gasteiger partial charge on any atom is 0.333 e. The van der Waals surface area contributed by atoms with Crippen LogP contribution in [0.25, 0.3) is 10.4 Å². The van der Waals surface area contributed by atoms with Crippen molar-refractivity contribution in [3.8, 4) is 0 Å². The highest BCUT2D eigenvalue weighted by atomic mass is 32.2. The van der Waals surface area contributed by atoms with Gasteiger partial charge in [0, 0.05) is 23.2 Å². The Hall–Kier alpha value is -1.46. The van der Waals surface area contributed by atoms with Crippen molar-refractivity contribution in [1.29, 1.82) is 0 Å². The van der Waals surface area contributed by atoms with Crippen LogP contribution in [0.3, 0.4) is 0 Å². The lowest BCUT2D eigenvalue weighted by Crippen LogP contribution is -2.09. The van der Waals surface area contributed by atoms with Gasteiger partial charge in [0.2, 0.25) is 0 Å². The van der Waals surface area contributed by atoms with E-state index in [1.165, 1.54) is 20.1 Å². The van der Waals surface area contributed by atoms with E-state index in [1.54, 1.807) is 6.92 Å². The van der Waals surface area contributed by atoms with Crippen molar-refractivity contribution in [1.82, 2.24) is 0 Å². The summed E-state index contributed by atoms with van der Waals surface area (Å²) < 4.78 is 4.50. The number of carbonyl (C=O) groups excluding carboxylic acids is 2. The van der Waals surface area contributed by atoms with Crippen molar-refractivity contribution in [2.75, 3.05) is 12.9 Å². The molecule has 1 atom stereocenters. The molecule has 0 fully saturated rings. The molecule has 0 saturated heterocycles. The minimum atomic E-state index is -0.530. The molecule has 0 aromatic carbocycles. The number of esters is 1. The highest BCUT2D eigenvalue weighted by Gasteiger charge is 2.09. The summed E-state index contributed by atoms with van der Waals surface area (Å²) in [4.78, 5) is 24.5. The van der Waals surface area contributed by atoms with Gasteiger partial charge in [-0.2, -0.15) is 0 Å². The number of nitrogens with zero attached hydrogens (tertiary/aromatic N) is 3. The van der Waals surface area contributed by atoms with E-state index in [0.717, 1.165) is 11.8 Å². The fraction of sp³-hybridized carbons (Fsp3) is 0.556. The second kappa shape index (κ2) is 7.78. The number of carbonyl (C=O) groups is 2. The molecule has 7 heteroatoms. The quantitative estimate of drug-likeness (QED) is 0.243. The van der Waals surface area contributed by atoms with E-state index in [1.807, 2.05) is 0 Å². The van der Waals surface area contributed by atoms with Crippen LogP contribution in [0.5, 0.6) is 0 Å². The average Bonchev–Trinajstić information content (AvgIpc) is 2.24. The van der Waals surface area contributed by atoms with Gasteiger partial charge in [-0.1, -0.05) is 23.0 Å². The van der Waals surface area contributed by atoms with Gasteiger partial charge in [-0.25, -0.2) is 4.79 Å². The van der Waals surface area contributed by atoms with E-state index in [4.69, 9.17) is 5.53 Å². The van der Waals surface area contributed by atoms with E-state index in [9.17, 15) is 9.59 Å². The second-order valence-electron chi connectivity index (χ2n) is 2.92. The lowest BCUT2D eigenvalue weighted by atomic mass is 10.2. The Morgan fingerprint density at radius 1 is 1.56 bits per heavy atom. The molecule has 0 spiro atoms. The molecule has 0 aromatic rings. The minimum absolute atomic E-state index is 0.0674. The number of azide groups is 1. The molecule has 0 aliphatic carbocycles. The van der Waals surface area contributed by atoms with Crippen molar-refractivity contribution >= 4 is 22.8 Å². The van der Waals surface area contributed by atoms with E-state index < -0.39 is 12.0 Å². The van der Waals surface area contributed by atoms with Crippen LogP contribution in [-0.4, -0.2) is 30.0 Å². The van der Waals surface area contributed by atoms with E-state index in [-0.39, 0.29) is 5.12 Å². The second-order valence-corrected chi connectivity index (χ2v) is 4.11. The summed E-state index contributed by atoms with van der Waals surface area (Å²) in [5.41, 5.74) is 8.68. The van der Waals surface area contributed by atoms with Crippen molar-refractivity contribution in [3.05, 3.63) is 22.1 Å². The first-order chi connectivity index (χ1) is 7.51. The summed E-state index contributed by atoms with van der Waals surface area (Å²) in [6.07, 6.45) is 1.49. The smallest absolute Gasteiger partial charge is 0.333 e. The van der Waals surface area contributed by atoms with E-state index in [2.05, 4.69) is 14.8 Å². The molecule has 0 N–H and O–H groups in total. The summed E-state index contributed by atoms with van der Waals surface area (Å²) in [6.45, 7) is 2.98. The van der Waals surface area contributed by atoms with Crippen LogP contribution in [-0.2, 0) is 14.3 Å². The summed E-state index contributed by atoms with van der Waals surface area (Å²) in [7, 11) is 1.27. The first-order valence-corrected chi connectivity index (χ1v) is 5.44. The van der Waals surface area contributed by atoms with Crippen molar-refractivity contribution in [3.63, 3.8) is 0 Å². The fourth-order valence-corrected chi connectivity index (χ4v) is 1.47. The van der Waals surface area contributed by atoms with Crippen molar-refractivity contribution in [2.24, 2.45) is 5.11 Å². The molecule has 0 amide bonds. The molecular formula is C9H13N3O3S. The van der Waals surface area contributed by atoms with E-state index >= 15 is 0 Å². The maximum atomic E-state index is 11.1. The Bertz CT molecular complexity index is 348. The van der Waals surface area contributed by atoms with Gasteiger partial charge in [0.15, 0.2) is 5.12 Å². The molecule has 0 aliphatic rings. The summed E-state index contributed by atoms with van der Waals surface area (Å²) in [5.74, 6) is -0.167. The standard InChI is InChI=1S/C9H13N3O3S/c1-6(9(14)15-3)4-8(11-12-10)5-16-7(2)13/h4,8H,5H2,1-3H3/b6-4+/t8-/m0/s1. The monoisotopic (exact) mass is 243 g/mol. The first-order valence-electron chi connectivity index (χ1n) is 4.45. The van der Waals surface area contributed by atoms with Crippen LogP contribution in [0.1, 0.15) is 13.8 Å². The molecule has 0 saturated carbocycles. The van der Waals surface area contributed by atoms with Gasteiger partial charge in [0.25, 0.3) is 0 Å². The summed E-state index contributed by atoms with van der Waals surface area (Å²) >= 11 is 1.04. The molecule has 16 heavy (non-hydrogen) atoms. The van der Waals surface area contributed by atoms with Crippen LogP contribution in [0.15, 0.2) is 16.8 Å². The number of hydrogen-bond donors (Lipinski definition) is 0. The molecule has 88 valence electrons. The third kappa shape index (κ3) is 6.10. The highest BCUT2D eigenvalue weighted by molar-refractivity contribution is 8.13. The molecule has 0 bridgehead atoms. The number of ether oxygens (including phenoxy) is 1. The molecule has 0 aromatic heterocycles. The van der Waals surface area contributed by atoms with Crippen LogP contribution in [0.4, 0.5) is 0 Å². The zero-order valence-electron chi connectivity index (χ0n) is 9.34. The lowest BCUT2D eigenvalue weighted by Gasteiger charge is -2.05. The Kier molecular flexibility index (Phi) is 7.07. The normalized spacial score (nSPS) is 12.6. The topological polar surface area (TPSA) is 92.1 Å². The van der Waals surface area contributed by atoms with Crippen molar-refractivity contribution < 1.29 is 14.3 Å². The predicted octanol–water partition coefficient (Wildman–Crippen LogP) is 2.06. The van der Waals surface area contributed by atoms with Gasteiger partial charge in [-0.15, -0.1) is 0 Å². The fourth-order valence-electron chi connectivity index (χ4n) is 0.901. The molecule has 0 heterocycles. The number of hydrogen-bond acceptors (Lipinski definition) is 5. The Morgan fingerprint density at radius 2 is 2.19 bits per heavy atom. The third-order valence-electron chi connectivity index (χ3n) is 1.61. The zero-order chi connectivity index (χ0) is 12.6. The Labute approximate surface area is 97.7 Å². The van der Waals surface area contributed by atoms with Gasteiger partial charge in [0.05, 0.1) is 13.2 Å². The Morgan fingerprint density at radius 3 is 2.62 bits per heavy atom. The van der Waals surface area contributed by atoms with Gasteiger partial charge in [0.1, 0.15) is 0 Å². The zero-order valence-corrected chi connectivity index (χ0v) is 10.2. The van der Waals surface area contributed by atoms with Crippen LogP contribution < -0.4 is 0 Å². The van der Waals surface area contributed by atoms with Crippen LogP contribution in [0.2, 0.25) is 0 Å². The molecular weight excluding hydrogens is 230 g/mol. The van der Waals surface area contributed by atoms with E-state index in [0.29, 0.717) is 11.3 Å². The highest BCUT2D eigenvalue weighted by Crippen LogP contribution is 2.10. The number of thioether (sulfide) groups is 1. The van der Waals surface area contributed by atoms with Crippen LogP contribution >= 0.6 is 11.8 Å². The predicted molar refractivity (Wildman–Crippen MR) is 61.8 cm³/mol. The van der Waals surface area contributed by atoms with Gasteiger partial charge >= 0.3 is 5.97 Å². The molecule has 0 aliphatic heterocycles. The SMILES string of the molecule is COC(=O)/C(C)=C/[C@@H](CSC(C)=O)N=[N+]=[N-]. The summed E-state index contributed by atoms with van der Waals surface area (Å²) in [5, 5.41) is 3.41. The first kappa shape index (κ1) is 14.5. The molecule has 6 nitrogen and oxygen atoms in total. The number of rotatable bonds is 5. The van der Waals surface area contributed by atoms with Crippen molar-refractivity contribution in [2.45, 2.75) is 19.9 Å². The maximum absolute atomic E-state index is 11.1. The summed E-state index contributed by atoms with van der Waals surface area (Å²) in [6, 6.07) is -0.530. The minimum Gasteiger partial charge on any atom is -0.466 e. The molecule has 0 radical (unpaired) electrons. The van der Waals surface area contributed by atoms with Gasteiger partial charge < -0.3 is 4.74 Å². The Balaban J connectivity index is 4.60. The molecule has 0 rings (SSSR count). The van der Waals surface area contributed by atoms with Gasteiger partial charge in [-0.3, -0.25) is 4.79 Å². The van der Waals surface area contributed by atoms with Gasteiger partial charge in [-0.05, 0) is 12.5 Å². The third-order valence-corrected chi connectivity index (χ3v) is 2.52. The largest absolute Gasteiger partial charge is 0.466 e. The lowest BCUT2D eigenvalue weighted by molar-refractivity contribution is -0.136. The molecule has 0 unspecified atom stereocenters.